The molecule has 21 rings (SSSR count). The van der Waals surface area contributed by atoms with Crippen molar-refractivity contribution in [2.24, 2.45) is 0 Å². The molecule has 4 aromatic heterocycles. The van der Waals surface area contributed by atoms with E-state index in [1.54, 1.807) is 0 Å². The smallest absolute Gasteiger partial charge is 0.136 e. The van der Waals surface area contributed by atoms with Gasteiger partial charge in [-0.05, 0) is 253 Å². The monoisotopic (exact) mass is 1410 g/mol. The zero-order valence-electron chi connectivity index (χ0n) is 59.8. The Labute approximate surface area is 635 Å². The van der Waals surface area contributed by atoms with Crippen LogP contribution in [0.4, 0.5) is 68.2 Å². The first-order valence-corrected chi connectivity index (χ1v) is 37.4. The van der Waals surface area contributed by atoms with E-state index >= 15 is 0 Å². The van der Waals surface area contributed by atoms with E-state index in [9.17, 15) is 0 Å². The number of benzene rings is 17. The molecule has 8 heteroatoms. The van der Waals surface area contributed by atoms with Gasteiger partial charge in [-0.15, -0.1) is 0 Å². The van der Waals surface area contributed by atoms with E-state index in [2.05, 4.69) is 417 Å². The molecular weight excluding hydrogens is 1340 g/mol. The van der Waals surface area contributed by atoms with Crippen LogP contribution in [0.1, 0.15) is 0 Å². The Hall–Kier alpha value is -14.9. The number of para-hydroxylation sites is 8. The molecule has 0 spiro atoms. The lowest BCUT2D eigenvalue weighted by Crippen LogP contribution is -2.13. The average molecular weight is 1410 g/mol. The van der Waals surface area contributed by atoms with Crippen LogP contribution in [0.25, 0.3) is 121 Å². The predicted molar refractivity (Wildman–Crippen MR) is 459 cm³/mol. The molecule has 0 unspecified atom stereocenters. The number of aromatic nitrogens is 2. The third kappa shape index (κ3) is 11.1. The summed E-state index contributed by atoms with van der Waals surface area (Å²) < 4.78 is 17.6. The minimum atomic E-state index is 0.868. The van der Waals surface area contributed by atoms with Gasteiger partial charge >= 0.3 is 0 Å². The first-order valence-electron chi connectivity index (χ1n) is 37.4. The van der Waals surface area contributed by atoms with E-state index in [-0.39, 0.29) is 0 Å². The Balaban J connectivity index is 0.657. The number of fused-ring (bicyclic) bond motifs is 12. The molecule has 0 N–H and O–H groups in total. The van der Waals surface area contributed by atoms with Crippen LogP contribution >= 0.6 is 0 Å². The van der Waals surface area contributed by atoms with Crippen molar-refractivity contribution in [2.75, 3.05) is 19.6 Å². The number of hydrogen-bond donors (Lipinski definition) is 0. The Morgan fingerprint density at radius 2 is 0.364 bits per heavy atom. The summed E-state index contributed by atoms with van der Waals surface area (Å²) in [6.45, 7) is 0. The summed E-state index contributed by atoms with van der Waals surface area (Å²) in [6.07, 6.45) is 0. The molecule has 0 radical (unpaired) electrons. The third-order valence-electron chi connectivity index (χ3n) is 21.7. The van der Waals surface area contributed by atoms with Gasteiger partial charge in [-0.1, -0.05) is 182 Å². The predicted octanol–water partition coefficient (Wildman–Crippen LogP) is 28.9. The second-order valence-electron chi connectivity index (χ2n) is 28.0. The molecule has 0 fully saturated rings. The van der Waals surface area contributed by atoms with Crippen molar-refractivity contribution >= 4 is 156 Å². The summed E-state index contributed by atoms with van der Waals surface area (Å²) in [7, 11) is 0. The lowest BCUT2D eigenvalue weighted by atomic mass is 10.0. The van der Waals surface area contributed by atoms with Crippen molar-refractivity contribution < 1.29 is 8.83 Å². The molecule has 0 aliphatic rings. The fraction of sp³-hybridized carbons (Fsp3) is 0. The average Bonchev–Trinajstić information content (AvgIpc) is 1.59. The van der Waals surface area contributed by atoms with Gasteiger partial charge in [0.15, 0.2) is 0 Å². The van der Waals surface area contributed by atoms with Crippen LogP contribution < -0.4 is 19.6 Å². The highest BCUT2D eigenvalue weighted by atomic mass is 16.3. The molecule has 518 valence electrons. The SMILES string of the molecule is c1ccc(N(c2ccc(N(c3ccc(-c4ccc5c(c4)oc4ccccc45)cc3)c3ccc(N(c4ccc(-c5ccc6c(c5)oc5ccccc56)cc4)c4ccc(N(c5ccccc5)c5ccc(-n6c7ccccc7c7ccccc76)cc5)cc4)cc3)cc2)c2ccc(-n3c4ccccc4c4ccccc43)cc2)cc1. The van der Waals surface area contributed by atoms with Gasteiger partial charge in [0.05, 0.1) is 22.1 Å². The summed E-state index contributed by atoms with van der Waals surface area (Å²) in [5.74, 6) is 0. The normalized spacial score (nSPS) is 11.6. The highest BCUT2D eigenvalue weighted by molar-refractivity contribution is 6.11. The molecule has 0 bridgehead atoms. The molecule has 0 saturated heterocycles. The van der Waals surface area contributed by atoms with Crippen molar-refractivity contribution in [2.45, 2.75) is 0 Å². The number of anilines is 12. The van der Waals surface area contributed by atoms with Crippen molar-refractivity contribution in [3.8, 4) is 33.6 Å². The lowest BCUT2D eigenvalue weighted by molar-refractivity contribution is 0.668. The van der Waals surface area contributed by atoms with Crippen LogP contribution in [-0.2, 0) is 0 Å². The highest BCUT2D eigenvalue weighted by Crippen LogP contribution is 2.46. The van der Waals surface area contributed by atoms with Crippen LogP contribution in [0.3, 0.4) is 0 Å². The summed E-state index contributed by atoms with van der Waals surface area (Å²) in [5, 5.41) is 9.40. The second-order valence-corrected chi connectivity index (χ2v) is 28.0. The van der Waals surface area contributed by atoms with Gasteiger partial charge < -0.3 is 37.6 Å². The fourth-order valence-electron chi connectivity index (χ4n) is 16.5. The van der Waals surface area contributed by atoms with E-state index in [0.29, 0.717) is 0 Å². The molecular formula is C102H68N6O2. The molecule has 21 aromatic rings. The number of nitrogens with zero attached hydrogens (tertiary/aromatic N) is 6. The maximum absolute atomic E-state index is 6.41. The molecule has 0 atom stereocenters. The maximum atomic E-state index is 6.41. The number of furan rings is 2. The quantitative estimate of drug-likeness (QED) is 0.0961. The summed E-state index contributed by atoms with van der Waals surface area (Å²) >= 11 is 0. The van der Waals surface area contributed by atoms with Gasteiger partial charge in [0.1, 0.15) is 22.3 Å². The second kappa shape index (κ2) is 26.6. The zero-order chi connectivity index (χ0) is 72.6. The first kappa shape index (κ1) is 63.6. The Morgan fingerprint density at radius 3 is 0.655 bits per heavy atom. The summed E-state index contributed by atoms with van der Waals surface area (Å²) in [4.78, 5) is 9.38. The molecule has 0 aliphatic carbocycles. The number of hydrogen-bond acceptors (Lipinski definition) is 6. The van der Waals surface area contributed by atoms with Gasteiger partial charge in [0.25, 0.3) is 0 Å². The maximum Gasteiger partial charge on any atom is 0.136 e. The minimum absolute atomic E-state index is 0.868. The van der Waals surface area contributed by atoms with Crippen molar-refractivity contribution in [1.82, 2.24) is 9.13 Å². The molecule has 4 heterocycles. The van der Waals surface area contributed by atoms with Crippen molar-refractivity contribution in [3.63, 3.8) is 0 Å². The molecule has 0 saturated carbocycles. The zero-order valence-corrected chi connectivity index (χ0v) is 59.8. The van der Waals surface area contributed by atoms with Crippen LogP contribution in [0.5, 0.6) is 0 Å². The largest absolute Gasteiger partial charge is 0.456 e. The third-order valence-corrected chi connectivity index (χ3v) is 21.7. The molecule has 8 nitrogen and oxygen atoms in total. The fourth-order valence-corrected chi connectivity index (χ4v) is 16.5. The Morgan fingerprint density at radius 1 is 0.155 bits per heavy atom. The van der Waals surface area contributed by atoms with Crippen LogP contribution in [0, 0.1) is 0 Å². The molecule has 110 heavy (non-hydrogen) atoms. The Kier molecular flexibility index (Phi) is 15.4. The van der Waals surface area contributed by atoms with Crippen LogP contribution in [0.2, 0.25) is 0 Å². The topological polar surface area (TPSA) is 49.1 Å². The van der Waals surface area contributed by atoms with E-state index in [1.807, 2.05) is 24.3 Å². The lowest BCUT2D eigenvalue weighted by Gasteiger charge is -2.30. The van der Waals surface area contributed by atoms with Gasteiger partial charge in [0, 0.05) is 123 Å². The van der Waals surface area contributed by atoms with E-state index < -0.39 is 0 Å². The van der Waals surface area contributed by atoms with Crippen LogP contribution in [0.15, 0.2) is 421 Å². The van der Waals surface area contributed by atoms with Gasteiger partial charge in [0.2, 0.25) is 0 Å². The van der Waals surface area contributed by atoms with Crippen molar-refractivity contribution in [1.29, 1.82) is 0 Å². The number of rotatable bonds is 16. The van der Waals surface area contributed by atoms with Gasteiger partial charge in [-0.3, -0.25) is 0 Å². The van der Waals surface area contributed by atoms with E-state index in [4.69, 9.17) is 8.83 Å². The molecule has 0 amide bonds. The summed E-state index contributed by atoms with van der Waals surface area (Å²) in [6, 6.07) is 148. The summed E-state index contributed by atoms with van der Waals surface area (Å²) in [5.41, 5.74) is 27.0. The first-order chi connectivity index (χ1) is 54.5. The molecule has 0 aliphatic heterocycles. The highest BCUT2D eigenvalue weighted by Gasteiger charge is 2.23. The standard InChI is InChI=1S/C102H68N6O2/c1-3-19-73(20-4-1)103(79-57-61-85(62-58-79)107-95-29-13-7-23-87(95)88-24-8-14-30-96(88)107)77-45-49-81(50-46-77)105(75-41-35-69(36-42-75)71-39-65-93-91-27-11-17-33-99(91)109-101(93)67-71)83-53-55-84(56-54-83)106(76-43-37-70(38-44-76)72-40-66-94-92-28-12-18-34-100(92)110-102(94)68-72)82-51-47-78(48-52-82)104(74-21-5-2-6-22-74)80-59-63-86(64-60-80)108-97-31-15-9-25-89(97)90-26-10-16-32-98(90)108/h1-68H. The van der Waals surface area contributed by atoms with Crippen molar-refractivity contribution in [3.05, 3.63) is 413 Å². The van der Waals surface area contributed by atoms with E-state index in [1.165, 1.54) is 43.6 Å². The van der Waals surface area contributed by atoms with Gasteiger partial charge in [-0.2, -0.15) is 0 Å². The molecule has 17 aromatic carbocycles. The minimum Gasteiger partial charge on any atom is -0.456 e. The van der Waals surface area contributed by atoms with Gasteiger partial charge in [-0.25, -0.2) is 0 Å². The van der Waals surface area contributed by atoms with Crippen LogP contribution in [-0.4, -0.2) is 9.13 Å². The van der Waals surface area contributed by atoms with E-state index in [0.717, 1.165) is 146 Å². The Bertz CT molecular complexity index is 6460.